The Morgan fingerprint density at radius 1 is 1.14 bits per heavy atom. The molecule has 0 saturated carbocycles. The van der Waals surface area contributed by atoms with Crippen LogP contribution in [0, 0.1) is 6.92 Å². The average Bonchev–Trinajstić information content (AvgIpc) is 3.32. The molecule has 4 aromatic rings. The molecule has 0 bridgehead atoms. The standard InChI is InChI=1S/C28H28ClN5O2/c1-19-33-23(18-36-19)17-34(26-6-2-4-22-5-3-12-31-27(22)26)16-21-9-7-20(8-10-21)14-32-28(35)24-11-13-30-15-25(24)29/h3,5,7-13,15,18,26H,2,4,6,14,16-17H2,1H3,(H,32,35). The van der Waals surface area contributed by atoms with Crippen LogP contribution in [0.1, 0.15) is 63.2 Å². The summed E-state index contributed by atoms with van der Waals surface area (Å²) in [5.74, 6) is 0.454. The third kappa shape index (κ3) is 5.64. The van der Waals surface area contributed by atoms with Crippen LogP contribution >= 0.6 is 11.6 Å². The maximum Gasteiger partial charge on any atom is 0.253 e. The fourth-order valence-electron chi connectivity index (χ4n) is 4.74. The number of aromatic nitrogens is 3. The molecule has 7 nitrogen and oxygen atoms in total. The highest BCUT2D eigenvalue weighted by atomic mass is 35.5. The topological polar surface area (TPSA) is 84.2 Å². The van der Waals surface area contributed by atoms with Crippen molar-refractivity contribution in [1.82, 2.24) is 25.2 Å². The number of oxazole rings is 1. The average molecular weight is 502 g/mol. The molecule has 0 fully saturated rings. The van der Waals surface area contributed by atoms with Crippen molar-refractivity contribution in [3.05, 3.63) is 112 Å². The zero-order chi connectivity index (χ0) is 24.9. The van der Waals surface area contributed by atoms with Crippen molar-refractivity contribution in [2.24, 2.45) is 0 Å². The number of nitrogens with one attached hydrogen (secondary N) is 1. The van der Waals surface area contributed by atoms with E-state index in [4.69, 9.17) is 21.0 Å². The second kappa shape index (κ2) is 11.0. The summed E-state index contributed by atoms with van der Waals surface area (Å²) in [4.78, 5) is 28.1. The molecule has 1 aliphatic rings. The second-order valence-electron chi connectivity index (χ2n) is 9.07. The van der Waals surface area contributed by atoms with E-state index in [1.54, 1.807) is 18.5 Å². The van der Waals surface area contributed by atoms with Crippen LogP contribution in [0.15, 0.2) is 71.7 Å². The first kappa shape index (κ1) is 24.2. The number of halogens is 1. The number of nitrogens with zero attached hydrogens (tertiary/aromatic N) is 4. The number of hydrogen-bond acceptors (Lipinski definition) is 6. The largest absolute Gasteiger partial charge is 0.449 e. The van der Waals surface area contributed by atoms with Gasteiger partial charge in [-0.2, -0.15) is 0 Å². The van der Waals surface area contributed by atoms with Gasteiger partial charge >= 0.3 is 0 Å². The quantitative estimate of drug-likeness (QED) is 0.346. The summed E-state index contributed by atoms with van der Waals surface area (Å²) in [5, 5.41) is 3.26. The molecule has 0 spiro atoms. The maximum atomic E-state index is 12.5. The fourth-order valence-corrected chi connectivity index (χ4v) is 4.94. The van der Waals surface area contributed by atoms with Crippen LogP contribution in [0.5, 0.6) is 0 Å². The highest BCUT2D eigenvalue weighted by molar-refractivity contribution is 6.33. The zero-order valence-corrected chi connectivity index (χ0v) is 20.9. The Balaban J connectivity index is 1.29. The van der Waals surface area contributed by atoms with E-state index in [0.717, 1.165) is 42.8 Å². The predicted molar refractivity (Wildman–Crippen MR) is 137 cm³/mol. The van der Waals surface area contributed by atoms with Crippen LogP contribution in [0.2, 0.25) is 5.02 Å². The number of amides is 1. The molecule has 3 aromatic heterocycles. The van der Waals surface area contributed by atoms with Crippen molar-refractivity contribution < 1.29 is 9.21 Å². The van der Waals surface area contributed by atoms with E-state index in [0.29, 0.717) is 29.6 Å². The lowest BCUT2D eigenvalue weighted by atomic mass is 9.90. The summed E-state index contributed by atoms with van der Waals surface area (Å²) < 4.78 is 5.47. The first-order valence-corrected chi connectivity index (χ1v) is 12.5. The van der Waals surface area contributed by atoms with Gasteiger partial charge in [0.2, 0.25) is 0 Å². The molecule has 3 heterocycles. The van der Waals surface area contributed by atoms with Gasteiger partial charge in [-0.15, -0.1) is 0 Å². The van der Waals surface area contributed by atoms with Gasteiger partial charge in [0.1, 0.15) is 6.26 Å². The molecule has 1 aromatic carbocycles. The number of fused-ring (bicyclic) bond motifs is 1. The molecular formula is C28H28ClN5O2. The Morgan fingerprint density at radius 2 is 1.97 bits per heavy atom. The van der Waals surface area contributed by atoms with E-state index >= 15 is 0 Å². The third-order valence-corrected chi connectivity index (χ3v) is 6.82. The van der Waals surface area contributed by atoms with Crippen LogP contribution < -0.4 is 5.32 Å². The number of aryl methyl sites for hydroxylation is 2. The van der Waals surface area contributed by atoms with E-state index in [-0.39, 0.29) is 11.9 Å². The Hall–Kier alpha value is -3.55. The van der Waals surface area contributed by atoms with E-state index in [1.807, 2.05) is 19.2 Å². The van der Waals surface area contributed by atoms with Gasteiger partial charge in [-0.1, -0.05) is 41.9 Å². The Bertz CT molecular complexity index is 1340. The van der Waals surface area contributed by atoms with Crippen LogP contribution in [-0.4, -0.2) is 25.8 Å². The number of carbonyl (C=O) groups is 1. The minimum absolute atomic E-state index is 0.218. The van der Waals surface area contributed by atoms with Crippen molar-refractivity contribution in [3.63, 3.8) is 0 Å². The molecular weight excluding hydrogens is 474 g/mol. The summed E-state index contributed by atoms with van der Waals surface area (Å²) in [6.07, 6.45) is 9.92. The first-order valence-electron chi connectivity index (χ1n) is 12.1. The van der Waals surface area contributed by atoms with Gasteiger partial charge in [-0.3, -0.25) is 19.7 Å². The van der Waals surface area contributed by atoms with E-state index < -0.39 is 0 Å². The summed E-state index contributed by atoms with van der Waals surface area (Å²) in [5.41, 5.74) is 6.03. The predicted octanol–water partition coefficient (Wildman–Crippen LogP) is 5.44. The molecule has 1 N–H and O–H groups in total. The minimum atomic E-state index is -0.218. The Morgan fingerprint density at radius 3 is 2.75 bits per heavy atom. The van der Waals surface area contributed by atoms with Gasteiger partial charge in [0.15, 0.2) is 5.89 Å². The zero-order valence-electron chi connectivity index (χ0n) is 20.2. The SMILES string of the molecule is Cc1nc(CN(Cc2ccc(CNC(=O)c3ccncc3Cl)cc2)C2CCCc3cccnc32)co1. The monoisotopic (exact) mass is 501 g/mol. The maximum absolute atomic E-state index is 12.5. The van der Waals surface area contributed by atoms with E-state index in [2.05, 4.69) is 50.5 Å². The van der Waals surface area contributed by atoms with Gasteiger partial charge in [-0.05, 0) is 48.1 Å². The number of carbonyl (C=O) groups excluding carboxylic acids is 1. The van der Waals surface area contributed by atoms with Crippen molar-refractivity contribution in [3.8, 4) is 0 Å². The smallest absolute Gasteiger partial charge is 0.253 e. The lowest BCUT2D eigenvalue weighted by Crippen LogP contribution is -2.31. The summed E-state index contributed by atoms with van der Waals surface area (Å²) >= 11 is 6.08. The lowest BCUT2D eigenvalue weighted by Gasteiger charge is -2.34. The van der Waals surface area contributed by atoms with Gasteiger partial charge in [0.25, 0.3) is 5.91 Å². The fraction of sp³-hybridized carbons (Fsp3) is 0.286. The Labute approximate surface area is 215 Å². The number of benzene rings is 1. The molecule has 8 heteroatoms. The number of hydrogen-bond donors (Lipinski definition) is 1. The molecule has 1 unspecified atom stereocenters. The minimum Gasteiger partial charge on any atom is -0.449 e. The van der Waals surface area contributed by atoms with Crippen molar-refractivity contribution in [2.75, 3.05) is 0 Å². The van der Waals surface area contributed by atoms with Crippen molar-refractivity contribution in [1.29, 1.82) is 0 Å². The van der Waals surface area contributed by atoms with Gasteiger partial charge in [0.05, 0.1) is 28.0 Å². The van der Waals surface area contributed by atoms with Crippen LogP contribution in [0.25, 0.3) is 0 Å². The number of rotatable bonds is 8. The normalized spacial score (nSPS) is 15.0. The molecule has 1 amide bonds. The van der Waals surface area contributed by atoms with Crippen LogP contribution in [-0.2, 0) is 26.1 Å². The second-order valence-corrected chi connectivity index (χ2v) is 9.48. The molecule has 5 rings (SSSR count). The third-order valence-electron chi connectivity index (χ3n) is 6.52. The molecule has 0 saturated heterocycles. The Kier molecular flexibility index (Phi) is 7.39. The van der Waals surface area contributed by atoms with Crippen molar-refractivity contribution >= 4 is 17.5 Å². The molecule has 1 aliphatic carbocycles. The van der Waals surface area contributed by atoms with Gasteiger partial charge < -0.3 is 9.73 Å². The molecule has 0 aliphatic heterocycles. The molecule has 1 atom stereocenters. The van der Waals surface area contributed by atoms with Gasteiger partial charge in [-0.25, -0.2) is 4.98 Å². The lowest BCUT2D eigenvalue weighted by molar-refractivity contribution is 0.0951. The van der Waals surface area contributed by atoms with E-state index in [1.165, 1.54) is 17.3 Å². The summed E-state index contributed by atoms with van der Waals surface area (Å²) in [6.45, 7) is 3.72. The molecule has 184 valence electrons. The number of pyridine rings is 2. The molecule has 0 radical (unpaired) electrons. The summed E-state index contributed by atoms with van der Waals surface area (Å²) in [6, 6.07) is 14.4. The van der Waals surface area contributed by atoms with E-state index in [9.17, 15) is 4.79 Å². The molecule has 36 heavy (non-hydrogen) atoms. The van der Waals surface area contributed by atoms with Crippen LogP contribution in [0.4, 0.5) is 0 Å². The highest BCUT2D eigenvalue weighted by Crippen LogP contribution is 2.34. The highest BCUT2D eigenvalue weighted by Gasteiger charge is 2.28. The van der Waals surface area contributed by atoms with Crippen LogP contribution in [0.3, 0.4) is 0 Å². The summed E-state index contributed by atoms with van der Waals surface area (Å²) in [7, 11) is 0. The first-order chi connectivity index (χ1) is 17.6. The van der Waals surface area contributed by atoms with Crippen molar-refractivity contribution in [2.45, 2.75) is 51.9 Å². The van der Waals surface area contributed by atoms with Gasteiger partial charge in [0, 0.05) is 45.1 Å².